The molecule has 0 bridgehead atoms. The minimum absolute atomic E-state index is 1.05. The molecular weight excluding hydrogens is 192 g/mol. The molecule has 2 rings (SSSR count). The van der Waals surface area contributed by atoms with Gasteiger partial charge in [0.1, 0.15) is 0 Å². The van der Waals surface area contributed by atoms with Crippen LogP contribution >= 0.6 is 11.3 Å². The van der Waals surface area contributed by atoms with Crippen LogP contribution in [0.15, 0.2) is 29.3 Å². The van der Waals surface area contributed by atoms with Gasteiger partial charge in [0.05, 0.1) is 9.88 Å². The Labute approximate surface area is 86.6 Å². The standard InChI is InChI=1S/C11H12N2S/c1-12-11-13(2)9-7-5-3-4-6-8-10(9)14-11/h3-8H,1-2H3/b4-3?,5-3-,6-4-,7-5?,8-6?,9-7+,10-8+,12-11+. The van der Waals surface area contributed by atoms with E-state index in [1.165, 1.54) is 9.88 Å². The number of aromatic nitrogens is 1. The number of thiazole rings is 1. The number of hydrogen-bond acceptors (Lipinski definition) is 2. The first-order valence-corrected chi connectivity index (χ1v) is 5.28. The molecule has 0 fully saturated rings. The summed E-state index contributed by atoms with van der Waals surface area (Å²) in [4.78, 5) is 5.28. The highest BCUT2D eigenvalue weighted by atomic mass is 32.1. The van der Waals surface area contributed by atoms with Crippen molar-refractivity contribution in [3.63, 3.8) is 0 Å². The minimum Gasteiger partial charge on any atom is -0.320 e. The van der Waals surface area contributed by atoms with E-state index in [1.807, 2.05) is 26.2 Å². The van der Waals surface area contributed by atoms with Crippen LogP contribution in [0.3, 0.4) is 0 Å². The summed E-state index contributed by atoms with van der Waals surface area (Å²) in [6.45, 7) is 0. The van der Waals surface area contributed by atoms with Crippen LogP contribution in [0.5, 0.6) is 0 Å². The van der Waals surface area contributed by atoms with E-state index in [9.17, 15) is 0 Å². The quantitative estimate of drug-likeness (QED) is 0.578. The Morgan fingerprint density at radius 3 is 2.57 bits per heavy atom. The van der Waals surface area contributed by atoms with Crippen molar-refractivity contribution < 1.29 is 0 Å². The largest absolute Gasteiger partial charge is 0.320 e. The van der Waals surface area contributed by atoms with Crippen molar-refractivity contribution >= 4 is 23.5 Å². The Kier molecular flexibility index (Phi) is 2.50. The van der Waals surface area contributed by atoms with Gasteiger partial charge in [0.15, 0.2) is 4.80 Å². The molecule has 1 heterocycles. The Bertz CT molecular complexity index is 567. The summed E-state index contributed by atoms with van der Waals surface area (Å²) in [5.74, 6) is 0. The number of allylic oxidation sites excluding steroid dienone is 4. The molecule has 1 aliphatic carbocycles. The fourth-order valence-corrected chi connectivity index (χ4v) is 2.39. The van der Waals surface area contributed by atoms with Crippen LogP contribution in [-0.2, 0) is 7.05 Å². The van der Waals surface area contributed by atoms with Gasteiger partial charge in [-0.1, -0.05) is 35.6 Å². The number of fused-ring (bicyclic) bond motifs is 1. The van der Waals surface area contributed by atoms with E-state index in [2.05, 4.69) is 33.9 Å². The van der Waals surface area contributed by atoms with E-state index in [0.29, 0.717) is 0 Å². The molecule has 3 heteroatoms. The molecule has 0 unspecified atom stereocenters. The van der Waals surface area contributed by atoms with Crippen LogP contribution in [0.25, 0.3) is 12.2 Å². The van der Waals surface area contributed by atoms with E-state index in [1.54, 1.807) is 11.3 Å². The zero-order chi connectivity index (χ0) is 9.97. The third kappa shape index (κ3) is 1.51. The van der Waals surface area contributed by atoms with Crippen molar-refractivity contribution in [2.45, 2.75) is 0 Å². The van der Waals surface area contributed by atoms with Crippen molar-refractivity contribution in [2.24, 2.45) is 12.0 Å². The fraction of sp³-hybridized carbons (Fsp3) is 0.182. The Morgan fingerprint density at radius 2 is 1.86 bits per heavy atom. The molecule has 0 spiro atoms. The summed E-state index contributed by atoms with van der Waals surface area (Å²) in [6, 6.07) is 0. The first-order valence-electron chi connectivity index (χ1n) is 4.47. The number of rotatable bonds is 0. The van der Waals surface area contributed by atoms with Gasteiger partial charge >= 0.3 is 0 Å². The summed E-state index contributed by atoms with van der Waals surface area (Å²) in [6.07, 6.45) is 12.4. The second-order valence-electron chi connectivity index (χ2n) is 3.02. The molecule has 0 radical (unpaired) electrons. The van der Waals surface area contributed by atoms with E-state index >= 15 is 0 Å². The maximum absolute atomic E-state index is 4.23. The topological polar surface area (TPSA) is 17.3 Å². The highest BCUT2D eigenvalue weighted by Gasteiger charge is 1.95. The lowest BCUT2D eigenvalue weighted by atomic mass is 10.3. The molecule has 72 valence electrons. The molecule has 0 saturated heterocycles. The molecule has 0 aromatic carbocycles. The zero-order valence-electron chi connectivity index (χ0n) is 8.27. The molecule has 0 N–H and O–H groups in total. The highest BCUT2D eigenvalue weighted by molar-refractivity contribution is 7.07. The normalized spacial score (nSPS) is 24.9. The fourth-order valence-electron chi connectivity index (χ4n) is 1.41. The Morgan fingerprint density at radius 1 is 1.14 bits per heavy atom. The lowest BCUT2D eigenvalue weighted by Gasteiger charge is -1.90. The predicted molar refractivity (Wildman–Crippen MR) is 61.2 cm³/mol. The van der Waals surface area contributed by atoms with E-state index in [4.69, 9.17) is 0 Å². The SMILES string of the molecule is C/N=c1/sc2/c(n1C)=C\C=C/C=C\C=2. The number of nitrogens with zero attached hydrogens (tertiary/aromatic N) is 2. The third-order valence-electron chi connectivity index (χ3n) is 2.13. The molecular formula is C11H12N2S. The summed E-state index contributed by atoms with van der Waals surface area (Å²) in [5, 5.41) is 1.22. The van der Waals surface area contributed by atoms with Gasteiger partial charge in [0.25, 0.3) is 0 Å². The number of hydrogen-bond donors (Lipinski definition) is 0. The zero-order valence-corrected chi connectivity index (χ0v) is 9.08. The van der Waals surface area contributed by atoms with Gasteiger partial charge in [-0.25, -0.2) is 0 Å². The molecule has 0 saturated carbocycles. The molecule has 0 atom stereocenters. The van der Waals surface area contributed by atoms with Crippen molar-refractivity contribution in [1.29, 1.82) is 0 Å². The first kappa shape index (κ1) is 9.21. The highest BCUT2D eigenvalue weighted by Crippen LogP contribution is 1.84. The summed E-state index contributed by atoms with van der Waals surface area (Å²) < 4.78 is 3.37. The second kappa shape index (κ2) is 3.80. The van der Waals surface area contributed by atoms with Crippen molar-refractivity contribution in [1.82, 2.24) is 4.57 Å². The maximum atomic E-state index is 4.23. The van der Waals surface area contributed by atoms with Crippen LogP contribution in [0.2, 0.25) is 0 Å². The van der Waals surface area contributed by atoms with Gasteiger partial charge in [0, 0.05) is 14.1 Å². The van der Waals surface area contributed by atoms with Crippen LogP contribution in [-0.4, -0.2) is 11.6 Å². The van der Waals surface area contributed by atoms with Gasteiger partial charge in [-0.05, 0) is 12.2 Å². The Balaban J connectivity index is 2.93. The Hall–Kier alpha value is -1.35. The lowest BCUT2D eigenvalue weighted by Crippen LogP contribution is -2.29. The van der Waals surface area contributed by atoms with Gasteiger partial charge in [-0.2, -0.15) is 0 Å². The molecule has 1 aromatic heterocycles. The lowest BCUT2D eigenvalue weighted by molar-refractivity contribution is 0.833. The molecule has 0 aliphatic heterocycles. The van der Waals surface area contributed by atoms with Crippen molar-refractivity contribution in [3.05, 3.63) is 39.0 Å². The van der Waals surface area contributed by atoms with Crippen LogP contribution < -0.4 is 14.7 Å². The van der Waals surface area contributed by atoms with E-state index in [0.717, 1.165) is 4.80 Å². The average Bonchev–Trinajstić information content (AvgIpc) is 2.42. The van der Waals surface area contributed by atoms with E-state index < -0.39 is 0 Å². The van der Waals surface area contributed by atoms with Crippen LogP contribution in [0.1, 0.15) is 0 Å². The van der Waals surface area contributed by atoms with Gasteiger partial charge in [-0.15, -0.1) is 0 Å². The molecule has 0 amide bonds. The smallest absolute Gasteiger partial charge is 0.185 e. The summed E-state index contributed by atoms with van der Waals surface area (Å²) in [7, 11) is 3.87. The maximum Gasteiger partial charge on any atom is 0.185 e. The van der Waals surface area contributed by atoms with Crippen molar-refractivity contribution in [2.75, 3.05) is 7.05 Å². The molecule has 2 nitrogen and oxygen atoms in total. The van der Waals surface area contributed by atoms with Gasteiger partial charge in [0.2, 0.25) is 0 Å². The van der Waals surface area contributed by atoms with E-state index in [-0.39, 0.29) is 0 Å². The van der Waals surface area contributed by atoms with Gasteiger partial charge in [-0.3, -0.25) is 4.99 Å². The van der Waals surface area contributed by atoms with Gasteiger partial charge < -0.3 is 4.57 Å². The van der Waals surface area contributed by atoms with Crippen LogP contribution in [0, 0.1) is 0 Å². The molecule has 1 aliphatic rings. The molecule has 1 aromatic rings. The average molecular weight is 204 g/mol. The van der Waals surface area contributed by atoms with Crippen LogP contribution in [0.4, 0.5) is 0 Å². The minimum atomic E-state index is 1.05. The monoisotopic (exact) mass is 204 g/mol. The first-order chi connectivity index (χ1) is 6.83. The summed E-state index contributed by atoms with van der Waals surface area (Å²) in [5.41, 5.74) is 0. The molecule has 14 heavy (non-hydrogen) atoms. The predicted octanol–water partition coefficient (Wildman–Crippen LogP) is 0.304. The second-order valence-corrected chi connectivity index (χ2v) is 4.03. The third-order valence-corrected chi connectivity index (χ3v) is 3.33. The summed E-state index contributed by atoms with van der Waals surface area (Å²) >= 11 is 1.71. The van der Waals surface area contributed by atoms with Crippen molar-refractivity contribution in [3.8, 4) is 0 Å².